The first-order valence-corrected chi connectivity index (χ1v) is 12.2. The van der Waals surface area contributed by atoms with Crippen LogP contribution in [-0.2, 0) is 14.3 Å². The number of carbonyl (C=O) groups excluding carboxylic acids is 5. The van der Waals surface area contributed by atoms with Crippen molar-refractivity contribution in [2.75, 3.05) is 6.61 Å². The van der Waals surface area contributed by atoms with Gasteiger partial charge < -0.3 is 4.74 Å². The first kappa shape index (κ1) is 27.7. The van der Waals surface area contributed by atoms with Gasteiger partial charge in [-0.25, -0.2) is 4.79 Å². The van der Waals surface area contributed by atoms with E-state index in [0.29, 0.717) is 23.3 Å². The largest absolute Gasteiger partial charge is 0.454 e. The summed E-state index contributed by atoms with van der Waals surface area (Å²) in [4.78, 5) is 63.9. The summed E-state index contributed by atoms with van der Waals surface area (Å²) in [5, 5.41) is -0.935. The summed E-state index contributed by atoms with van der Waals surface area (Å²) in [6, 6.07) is 6.74. The summed E-state index contributed by atoms with van der Waals surface area (Å²) in [5.41, 5.74) is 4.08. The smallest absolute Gasteiger partial charge is 0.329 e. The Bertz CT molecular complexity index is 1190. The molecule has 9 nitrogen and oxygen atoms in total. The van der Waals surface area contributed by atoms with E-state index in [1.54, 1.807) is 30.3 Å². The van der Waals surface area contributed by atoms with Crippen molar-refractivity contribution in [2.24, 2.45) is 0 Å². The quantitative estimate of drug-likeness (QED) is 0.158. The lowest BCUT2D eigenvalue weighted by Crippen LogP contribution is -2.47. The molecule has 0 radical (unpaired) electrons. The third-order valence-electron chi connectivity index (χ3n) is 5.24. The molecule has 0 spiro atoms. The number of hydrazine groups is 1. The molecule has 0 aliphatic carbocycles. The maximum atomic E-state index is 13.1. The number of rotatable bonds is 8. The number of nitrogens with one attached hydrogen (secondary N) is 2. The Labute approximate surface area is 225 Å². The van der Waals surface area contributed by atoms with Gasteiger partial charge >= 0.3 is 5.97 Å². The zero-order valence-corrected chi connectivity index (χ0v) is 21.7. The summed E-state index contributed by atoms with van der Waals surface area (Å²) >= 11 is 24.4. The lowest BCUT2D eigenvalue weighted by molar-refractivity contribution is -0.152. The minimum Gasteiger partial charge on any atom is -0.454 e. The fourth-order valence-electron chi connectivity index (χ4n) is 3.46. The Morgan fingerprint density at radius 3 is 1.97 bits per heavy atom. The monoisotopic (exact) mass is 573 g/mol. The number of fused-ring (bicyclic) bond motifs is 1. The Hall–Kier alpha value is -2.85. The molecule has 0 aromatic heterocycles. The predicted octanol–water partition coefficient (Wildman–Crippen LogP) is 4.46. The van der Waals surface area contributed by atoms with Gasteiger partial charge in [0.15, 0.2) is 6.61 Å². The Morgan fingerprint density at radius 2 is 1.44 bits per heavy atom. The highest BCUT2D eigenvalue weighted by Gasteiger charge is 2.47. The van der Waals surface area contributed by atoms with Crippen LogP contribution in [0.4, 0.5) is 0 Å². The molecule has 0 saturated carbocycles. The first-order chi connectivity index (χ1) is 17.1. The van der Waals surface area contributed by atoms with E-state index in [4.69, 9.17) is 51.1 Å². The number of amides is 4. The molecule has 1 aliphatic heterocycles. The maximum Gasteiger partial charge on any atom is 0.329 e. The van der Waals surface area contributed by atoms with Crippen molar-refractivity contribution in [2.45, 2.75) is 32.2 Å². The van der Waals surface area contributed by atoms with E-state index >= 15 is 0 Å². The lowest BCUT2D eigenvalue weighted by atomic mass is 10.1. The van der Waals surface area contributed by atoms with Crippen LogP contribution in [0, 0.1) is 0 Å². The topological polar surface area (TPSA) is 122 Å². The summed E-state index contributed by atoms with van der Waals surface area (Å²) in [7, 11) is 0. The number of halogens is 4. The van der Waals surface area contributed by atoms with Crippen LogP contribution in [0.5, 0.6) is 0 Å². The van der Waals surface area contributed by atoms with Gasteiger partial charge in [-0.05, 0) is 18.6 Å². The molecule has 0 bridgehead atoms. The van der Waals surface area contributed by atoms with Gasteiger partial charge in [0.25, 0.3) is 23.6 Å². The molecule has 0 fully saturated rings. The molecule has 36 heavy (non-hydrogen) atoms. The van der Waals surface area contributed by atoms with Crippen LogP contribution in [0.3, 0.4) is 0 Å². The molecule has 2 N–H and O–H groups in total. The Kier molecular flexibility index (Phi) is 9.19. The fourth-order valence-corrected chi connectivity index (χ4v) is 4.47. The second-order valence-electron chi connectivity index (χ2n) is 7.62. The van der Waals surface area contributed by atoms with Gasteiger partial charge in [0.2, 0.25) is 0 Å². The van der Waals surface area contributed by atoms with E-state index in [1.807, 2.05) is 6.92 Å². The van der Waals surface area contributed by atoms with Crippen LogP contribution in [0.1, 0.15) is 57.3 Å². The molecule has 4 amide bonds. The van der Waals surface area contributed by atoms with Crippen molar-refractivity contribution in [3.8, 4) is 0 Å². The standard InChI is InChI=1S/C23H19Cl4N3O6/c1-2-3-9-12(23(35)36-10-13(31)28-29-20(32)11-7-5-4-6-8-11)30-21(33)14-15(22(30)34)17(25)19(27)18(26)16(14)24/h4-8,12H,2-3,9-10H2,1H3,(H,28,31)(H,29,32)/t12-/m0/s1. The average Bonchev–Trinajstić information content (AvgIpc) is 3.14. The second kappa shape index (κ2) is 11.9. The van der Waals surface area contributed by atoms with Gasteiger partial charge in [-0.1, -0.05) is 84.4 Å². The molecule has 2 aromatic rings. The SMILES string of the molecule is CCCC[C@@H](C(=O)OCC(=O)NNC(=O)c1ccccc1)N1C(=O)c2c(Cl)c(Cl)c(Cl)c(Cl)c2C1=O. The summed E-state index contributed by atoms with van der Waals surface area (Å²) in [5.74, 6) is -4.20. The van der Waals surface area contributed by atoms with Gasteiger partial charge in [-0.15, -0.1) is 0 Å². The number of benzene rings is 2. The number of hydrogen-bond acceptors (Lipinski definition) is 6. The van der Waals surface area contributed by atoms with E-state index in [1.165, 1.54) is 0 Å². The highest BCUT2D eigenvalue weighted by molar-refractivity contribution is 6.55. The number of ether oxygens (including phenoxy) is 1. The van der Waals surface area contributed by atoms with Crippen molar-refractivity contribution in [3.63, 3.8) is 0 Å². The van der Waals surface area contributed by atoms with Crippen LogP contribution in [-0.4, -0.2) is 47.1 Å². The average molecular weight is 575 g/mol. The van der Waals surface area contributed by atoms with Gasteiger partial charge in [0.1, 0.15) is 6.04 Å². The Balaban J connectivity index is 1.72. The zero-order valence-electron chi connectivity index (χ0n) is 18.7. The van der Waals surface area contributed by atoms with Crippen molar-refractivity contribution < 1.29 is 28.7 Å². The van der Waals surface area contributed by atoms with Crippen LogP contribution >= 0.6 is 46.4 Å². The third kappa shape index (κ3) is 5.59. The maximum absolute atomic E-state index is 13.1. The van der Waals surface area contributed by atoms with E-state index in [9.17, 15) is 24.0 Å². The molecule has 190 valence electrons. The molecule has 13 heteroatoms. The van der Waals surface area contributed by atoms with E-state index in [-0.39, 0.29) is 37.6 Å². The number of unbranched alkanes of at least 4 members (excludes halogenated alkanes) is 1. The van der Waals surface area contributed by atoms with Gasteiger partial charge in [-0.3, -0.25) is 34.9 Å². The molecular formula is C23H19Cl4N3O6. The van der Waals surface area contributed by atoms with E-state index in [2.05, 4.69) is 10.9 Å². The van der Waals surface area contributed by atoms with Crippen LogP contribution in [0.2, 0.25) is 20.1 Å². The van der Waals surface area contributed by atoms with Crippen LogP contribution < -0.4 is 10.9 Å². The highest BCUT2D eigenvalue weighted by Crippen LogP contribution is 2.45. The summed E-state index contributed by atoms with van der Waals surface area (Å²) < 4.78 is 5.05. The lowest BCUT2D eigenvalue weighted by Gasteiger charge is -2.24. The third-order valence-corrected chi connectivity index (χ3v) is 7.05. The first-order valence-electron chi connectivity index (χ1n) is 10.6. The number of carbonyl (C=O) groups is 5. The van der Waals surface area contributed by atoms with Crippen molar-refractivity contribution in [1.82, 2.24) is 15.8 Å². The molecule has 0 unspecified atom stereocenters. The normalized spacial score (nSPS) is 13.3. The van der Waals surface area contributed by atoms with Crippen molar-refractivity contribution in [1.29, 1.82) is 0 Å². The molecule has 2 aromatic carbocycles. The van der Waals surface area contributed by atoms with Crippen molar-refractivity contribution >= 4 is 76.0 Å². The second-order valence-corrected chi connectivity index (χ2v) is 9.13. The highest BCUT2D eigenvalue weighted by atomic mass is 35.5. The van der Waals surface area contributed by atoms with E-state index < -0.39 is 42.2 Å². The predicted molar refractivity (Wildman–Crippen MR) is 133 cm³/mol. The minimum absolute atomic E-state index is 0.0594. The molecule has 1 heterocycles. The Morgan fingerprint density at radius 1 is 0.889 bits per heavy atom. The zero-order chi connectivity index (χ0) is 26.6. The van der Waals surface area contributed by atoms with Crippen LogP contribution in [0.15, 0.2) is 30.3 Å². The number of nitrogens with zero attached hydrogens (tertiary/aromatic N) is 1. The van der Waals surface area contributed by atoms with Gasteiger partial charge in [0, 0.05) is 5.56 Å². The van der Waals surface area contributed by atoms with Gasteiger partial charge in [0.05, 0.1) is 31.2 Å². The molecule has 0 saturated heterocycles. The fraction of sp³-hybridized carbons (Fsp3) is 0.261. The van der Waals surface area contributed by atoms with Crippen LogP contribution in [0.25, 0.3) is 0 Å². The summed E-state index contributed by atoms with van der Waals surface area (Å²) in [6.45, 7) is 1.07. The molecule has 1 atom stereocenters. The van der Waals surface area contributed by atoms with E-state index in [0.717, 1.165) is 0 Å². The number of hydrogen-bond donors (Lipinski definition) is 2. The summed E-state index contributed by atoms with van der Waals surface area (Å²) in [6.07, 6.45) is 1.15. The van der Waals surface area contributed by atoms with Gasteiger partial charge in [-0.2, -0.15) is 0 Å². The number of esters is 1. The minimum atomic E-state index is -1.37. The number of imide groups is 1. The molecule has 3 rings (SSSR count). The van der Waals surface area contributed by atoms with Crippen molar-refractivity contribution in [3.05, 3.63) is 67.1 Å². The molecule has 1 aliphatic rings. The molecular weight excluding hydrogens is 556 g/mol.